The number of carboxylic acid groups (broad SMARTS) is 1. The maximum Gasteiger partial charge on any atom is 0.322 e. The van der Waals surface area contributed by atoms with Gasteiger partial charge in [0.1, 0.15) is 10.9 Å². The SMILES string of the molecule is O=C(O)C(Cc1cnc[nH]1)NS(=O)(=O)c1cncc(Br)c1. The van der Waals surface area contributed by atoms with Crippen LogP contribution in [-0.2, 0) is 21.2 Å². The number of sulfonamides is 1. The molecule has 8 nitrogen and oxygen atoms in total. The zero-order valence-electron chi connectivity index (χ0n) is 10.5. The van der Waals surface area contributed by atoms with E-state index >= 15 is 0 Å². The van der Waals surface area contributed by atoms with E-state index in [2.05, 4.69) is 35.6 Å². The molecule has 0 bridgehead atoms. The molecule has 2 heterocycles. The summed E-state index contributed by atoms with van der Waals surface area (Å²) in [7, 11) is -3.99. The van der Waals surface area contributed by atoms with Crippen LogP contribution >= 0.6 is 15.9 Å². The maximum absolute atomic E-state index is 12.2. The summed E-state index contributed by atoms with van der Waals surface area (Å²) in [6.07, 6.45) is 5.35. The third-order valence-corrected chi connectivity index (χ3v) is 4.44. The van der Waals surface area contributed by atoms with Gasteiger partial charge in [0.25, 0.3) is 0 Å². The first-order chi connectivity index (χ1) is 9.88. The number of carboxylic acids is 1. The van der Waals surface area contributed by atoms with E-state index in [0.29, 0.717) is 10.2 Å². The highest BCUT2D eigenvalue weighted by atomic mass is 79.9. The molecule has 0 amide bonds. The topological polar surface area (TPSA) is 125 Å². The van der Waals surface area contributed by atoms with Crippen molar-refractivity contribution in [3.63, 3.8) is 0 Å². The Bertz CT molecular complexity index is 732. The number of halogens is 1. The van der Waals surface area contributed by atoms with Crippen molar-refractivity contribution in [2.45, 2.75) is 17.4 Å². The number of hydrogen-bond donors (Lipinski definition) is 3. The van der Waals surface area contributed by atoms with Crippen LogP contribution in [0.3, 0.4) is 0 Å². The third kappa shape index (κ3) is 4.09. The zero-order valence-corrected chi connectivity index (χ0v) is 12.9. The van der Waals surface area contributed by atoms with Gasteiger partial charge in [-0.2, -0.15) is 4.72 Å². The molecule has 0 fully saturated rings. The fourth-order valence-corrected chi connectivity index (χ4v) is 3.28. The highest BCUT2D eigenvalue weighted by Gasteiger charge is 2.26. The minimum Gasteiger partial charge on any atom is -0.480 e. The highest BCUT2D eigenvalue weighted by Crippen LogP contribution is 2.15. The second kappa shape index (κ2) is 6.33. The van der Waals surface area contributed by atoms with Crippen molar-refractivity contribution < 1.29 is 18.3 Å². The summed E-state index contributed by atoms with van der Waals surface area (Å²) in [6, 6.07) is 0.0270. The summed E-state index contributed by atoms with van der Waals surface area (Å²) >= 11 is 3.11. The Morgan fingerprint density at radius 3 is 2.71 bits per heavy atom. The molecule has 0 aliphatic heterocycles. The number of H-pyrrole nitrogens is 1. The van der Waals surface area contributed by atoms with E-state index in [1.807, 2.05) is 0 Å². The molecule has 21 heavy (non-hydrogen) atoms. The maximum atomic E-state index is 12.2. The molecule has 0 aliphatic carbocycles. The summed E-state index contributed by atoms with van der Waals surface area (Å²) in [5.41, 5.74) is 0.512. The summed E-state index contributed by atoms with van der Waals surface area (Å²) in [5, 5.41) is 9.15. The Hall–Kier alpha value is -1.78. The first kappa shape index (κ1) is 15.6. The average Bonchev–Trinajstić information content (AvgIpc) is 2.90. The van der Waals surface area contributed by atoms with E-state index in [0.717, 1.165) is 6.20 Å². The Labute approximate surface area is 128 Å². The van der Waals surface area contributed by atoms with Crippen molar-refractivity contribution in [2.75, 3.05) is 0 Å². The fraction of sp³-hybridized carbons (Fsp3) is 0.182. The molecule has 0 spiro atoms. The van der Waals surface area contributed by atoms with E-state index in [1.54, 1.807) is 0 Å². The third-order valence-electron chi connectivity index (χ3n) is 2.56. The van der Waals surface area contributed by atoms with Gasteiger partial charge >= 0.3 is 5.97 Å². The summed E-state index contributed by atoms with van der Waals surface area (Å²) in [6.45, 7) is 0. The average molecular weight is 375 g/mol. The smallest absolute Gasteiger partial charge is 0.322 e. The quantitative estimate of drug-likeness (QED) is 0.677. The van der Waals surface area contributed by atoms with Crippen molar-refractivity contribution >= 4 is 31.9 Å². The number of carbonyl (C=O) groups is 1. The molecule has 112 valence electrons. The Morgan fingerprint density at radius 1 is 1.38 bits per heavy atom. The molecular formula is C11H11BrN4O4S. The van der Waals surface area contributed by atoms with Crippen molar-refractivity contribution in [3.05, 3.63) is 41.2 Å². The Balaban J connectivity index is 2.21. The van der Waals surface area contributed by atoms with Crippen molar-refractivity contribution in [2.24, 2.45) is 0 Å². The van der Waals surface area contributed by atoms with Gasteiger partial charge in [-0.05, 0) is 22.0 Å². The predicted octanol–water partition coefficient (Wildman–Crippen LogP) is 0.541. The molecule has 1 unspecified atom stereocenters. The molecule has 0 saturated carbocycles. The molecule has 2 aromatic heterocycles. The Morgan fingerprint density at radius 2 is 2.14 bits per heavy atom. The minimum absolute atomic E-state index is 0.0456. The lowest BCUT2D eigenvalue weighted by atomic mass is 10.2. The van der Waals surface area contributed by atoms with Gasteiger partial charge in [0.2, 0.25) is 10.0 Å². The molecule has 3 N–H and O–H groups in total. The number of aromatic nitrogens is 3. The first-order valence-corrected chi connectivity index (χ1v) is 7.99. The van der Waals surface area contributed by atoms with Gasteiger partial charge in [-0.15, -0.1) is 0 Å². The normalized spacial score (nSPS) is 13.0. The van der Waals surface area contributed by atoms with E-state index in [4.69, 9.17) is 5.11 Å². The van der Waals surface area contributed by atoms with Crippen molar-refractivity contribution in [3.8, 4) is 0 Å². The Kier molecular flexibility index (Phi) is 4.70. The van der Waals surface area contributed by atoms with Crippen LogP contribution in [0.5, 0.6) is 0 Å². The lowest BCUT2D eigenvalue weighted by molar-refractivity contribution is -0.138. The van der Waals surface area contributed by atoms with Gasteiger partial charge in [-0.1, -0.05) is 0 Å². The van der Waals surface area contributed by atoms with Crippen molar-refractivity contribution in [1.82, 2.24) is 19.7 Å². The van der Waals surface area contributed by atoms with Gasteiger partial charge in [0, 0.05) is 35.2 Å². The number of aromatic amines is 1. The van der Waals surface area contributed by atoms with Crippen LogP contribution in [0.4, 0.5) is 0 Å². The largest absolute Gasteiger partial charge is 0.480 e. The standard InChI is InChI=1S/C11H11BrN4O4S/c12-7-1-9(5-13-3-7)21(19,20)16-10(11(17)18)2-8-4-14-6-15-8/h1,3-6,10,16H,2H2,(H,14,15)(H,17,18). The molecule has 0 radical (unpaired) electrons. The van der Waals surface area contributed by atoms with Crippen molar-refractivity contribution in [1.29, 1.82) is 0 Å². The summed E-state index contributed by atoms with van der Waals surface area (Å²) < 4.78 is 26.9. The van der Waals surface area contributed by atoms with Gasteiger partial charge < -0.3 is 10.1 Å². The van der Waals surface area contributed by atoms with Gasteiger partial charge in [-0.3, -0.25) is 9.78 Å². The number of aliphatic carboxylic acids is 1. The van der Waals surface area contributed by atoms with Crippen LogP contribution in [0.2, 0.25) is 0 Å². The number of nitrogens with one attached hydrogen (secondary N) is 2. The van der Waals surface area contributed by atoms with Gasteiger partial charge in [0.05, 0.1) is 6.33 Å². The van der Waals surface area contributed by atoms with Crippen LogP contribution in [-0.4, -0.2) is 40.5 Å². The van der Waals surface area contributed by atoms with Crippen LogP contribution in [0.15, 0.2) is 40.4 Å². The lowest BCUT2D eigenvalue weighted by Crippen LogP contribution is -2.42. The van der Waals surface area contributed by atoms with E-state index in [-0.39, 0.29) is 11.3 Å². The number of pyridine rings is 1. The lowest BCUT2D eigenvalue weighted by Gasteiger charge is -2.14. The zero-order chi connectivity index (χ0) is 15.5. The molecule has 2 aromatic rings. The highest BCUT2D eigenvalue weighted by molar-refractivity contribution is 9.10. The number of nitrogens with zero attached hydrogens (tertiary/aromatic N) is 2. The second-order valence-electron chi connectivity index (χ2n) is 4.13. The second-order valence-corrected chi connectivity index (χ2v) is 6.76. The fourth-order valence-electron chi connectivity index (χ4n) is 1.59. The van der Waals surface area contributed by atoms with Crippen LogP contribution in [0.25, 0.3) is 0 Å². The van der Waals surface area contributed by atoms with Gasteiger partial charge in [0.15, 0.2) is 0 Å². The van der Waals surface area contributed by atoms with E-state index in [1.165, 1.54) is 24.8 Å². The van der Waals surface area contributed by atoms with Gasteiger partial charge in [-0.25, -0.2) is 13.4 Å². The van der Waals surface area contributed by atoms with Crippen LogP contribution in [0.1, 0.15) is 5.69 Å². The predicted molar refractivity (Wildman–Crippen MR) is 76.0 cm³/mol. The molecule has 2 rings (SSSR count). The van der Waals surface area contributed by atoms with Crippen LogP contribution in [0, 0.1) is 0 Å². The van der Waals surface area contributed by atoms with E-state index in [9.17, 15) is 13.2 Å². The minimum atomic E-state index is -3.99. The molecule has 0 aliphatic rings. The number of hydrogen-bond acceptors (Lipinski definition) is 5. The number of rotatable bonds is 6. The molecular weight excluding hydrogens is 364 g/mol. The molecule has 0 saturated heterocycles. The molecule has 10 heteroatoms. The first-order valence-electron chi connectivity index (χ1n) is 5.71. The summed E-state index contributed by atoms with van der Waals surface area (Å²) in [4.78, 5) is 21.3. The van der Waals surface area contributed by atoms with Crippen LogP contribution < -0.4 is 4.72 Å². The monoisotopic (exact) mass is 374 g/mol. The number of imidazole rings is 1. The summed E-state index contributed by atoms with van der Waals surface area (Å²) in [5.74, 6) is -1.28. The molecule has 1 atom stereocenters. The molecule has 0 aromatic carbocycles. The van der Waals surface area contributed by atoms with E-state index < -0.39 is 22.0 Å².